The summed E-state index contributed by atoms with van der Waals surface area (Å²) in [7, 11) is 3.24. The summed E-state index contributed by atoms with van der Waals surface area (Å²) in [4.78, 5) is 0. The van der Waals surface area contributed by atoms with Crippen LogP contribution in [0.15, 0.2) is 42.5 Å². The van der Waals surface area contributed by atoms with Gasteiger partial charge in [0.25, 0.3) is 0 Å². The van der Waals surface area contributed by atoms with Gasteiger partial charge in [0.1, 0.15) is 0 Å². The SMILES string of the molecule is COc1ccc(C(NN)c2ccc(I)cc2)cc1OC. The van der Waals surface area contributed by atoms with Crippen LogP contribution in [0.5, 0.6) is 11.5 Å². The molecule has 0 fully saturated rings. The summed E-state index contributed by atoms with van der Waals surface area (Å²) < 4.78 is 11.8. The Morgan fingerprint density at radius 2 is 1.55 bits per heavy atom. The fourth-order valence-corrected chi connectivity index (χ4v) is 2.43. The minimum absolute atomic E-state index is 0.0909. The van der Waals surface area contributed by atoms with Gasteiger partial charge >= 0.3 is 0 Å². The molecule has 4 nitrogen and oxygen atoms in total. The van der Waals surface area contributed by atoms with Crippen LogP contribution in [0.25, 0.3) is 0 Å². The summed E-state index contributed by atoms with van der Waals surface area (Å²) in [6.07, 6.45) is 0. The molecule has 0 aliphatic rings. The summed E-state index contributed by atoms with van der Waals surface area (Å²) in [6.45, 7) is 0. The van der Waals surface area contributed by atoms with E-state index in [1.54, 1.807) is 14.2 Å². The molecule has 0 radical (unpaired) electrons. The van der Waals surface area contributed by atoms with Gasteiger partial charge in [0.15, 0.2) is 11.5 Å². The summed E-state index contributed by atoms with van der Waals surface area (Å²) in [5.74, 6) is 7.11. The van der Waals surface area contributed by atoms with Gasteiger partial charge in [-0.1, -0.05) is 18.2 Å². The molecule has 106 valence electrons. The Balaban J connectivity index is 2.39. The van der Waals surface area contributed by atoms with Crippen LogP contribution >= 0.6 is 22.6 Å². The number of nitrogens with one attached hydrogen (secondary N) is 1. The predicted octanol–water partition coefficient (Wildman–Crippen LogP) is 2.86. The number of halogens is 1. The number of ether oxygens (including phenoxy) is 2. The van der Waals surface area contributed by atoms with E-state index < -0.39 is 0 Å². The average molecular weight is 384 g/mol. The van der Waals surface area contributed by atoms with E-state index in [9.17, 15) is 0 Å². The maximum Gasteiger partial charge on any atom is 0.161 e. The van der Waals surface area contributed by atoms with Gasteiger partial charge in [0.05, 0.1) is 20.3 Å². The van der Waals surface area contributed by atoms with Gasteiger partial charge < -0.3 is 9.47 Å². The molecule has 5 heteroatoms. The molecule has 2 aromatic carbocycles. The van der Waals surface area contributed by atoms with Crippen molar-refractivity contribution in [1.29, 1.82) is 0 Å². The highest BCUT2D eigenvalue weighted by Gasteiger charge is 2.15. The second kappa shape index (κ2) is 6.92. The second-order valence-electron chi connectivity index (χ2n) is 4.27. The molecular formula is C15H17IN2O2. The Labute approximate surface area is 132 Å². The molecule has 1 unspecified atom stereocenters. The molecule has 0 saturated heterocycles. The number of methoxy groups -OCH3 is 2. The zero-order chi connectivity index (χ0) is 14.5. The fourth-order valence-electron chi connectivity index (χ4n) is 2.07. The largest absolute Gasteiger partial charge is 0.493 e. The molecule has 0 aliphatic carbocycles. The van der Waals surface area contributed by atoms with E-state index in [4.69, 9.17) is 15.3 Å². The number of hydrogen-bond donors (Lipinski definition) is 2. The first-order valence-corrected chi connectivity index (χ1v) is 7.21. The minimum Gasteiger partial charge on any atom is -0.493 e. The first kappa shape index (κ1) is 15.1. The molecule has 3 N–H and O–H groups in total. The number of hydrogen-bond acceptors (Lipinski definition) is 4. The van der Waals surface area contributed by atoms with Gasteiger partial charge in [-0.05, 0) is 58.0 Å². The monoisotopic (exact) mass is 384 g/mol. The van der Waals surface area contributed by atoms with Crippen LogP contribution in [0, 0.1) is 3.57 Å². The van der Waals surface area contributed by atoms with Crippen molar-refractivity contribution in [2.45, 2.75) is 6.04 Å². The summed E-state index contributed by atoms with van der Waals surface area (Å²) in [5, 5.41) is 0. The highest BCUT2D eigenvalue weighted by Crippen LogP contribution is 2.32. The van der Waals surface area contributed by atoms with Gasteiger partial charge in [-0.2, -0.15) is 0 Å². The highest BCUT2D eigenvalue weighted by atomic mass is 127. The van der Waals surface area contributed by atoms with Crippen molar-refractivity contribution in [2.75, 3.05) is 14.2 Å². The maximum absolute atomic E-state index is 5.71. The first-order valence-electron chi connectivity index (χ1n) is 6.13. The van der Waals surface area contributed by atoms with Crippen molar-refractivity contribution in [2.24, 2.45) is 5.84 Å². The third-order valence-electron chi connectivity index (χ3n) is 3.11. The maximum atomic E-state index is 5.71. The number of nitrogens with two attached hydrogens (primary N) is 1. The lowest BCUT2D eigenvalue weighted by molar-refractivity contribution is 0.354. The van der Waals surface area contributed by atoms with E-state index in [2.05, 4.69) is 52.3 Å². The lowest BCUT2D eigenvalue weighted by atomic mass is 9.99. The molecule has 0 amide bonds. The molecule has 0 aromatic heterocycles. The van der Waals surface area contributed by atoms with Crippen molar-refractivity contribution in [3.05, 3.63) is 57.2 Å². The molecule has 2 rings (SSSR count). The highest BCUT2D eigenvalue weighted by molar-refractivity contribution is 14.1. The van der Waals surface area contributed by atoms with E-state index in [1.165, 1.54) is 3.57 Å². The van der Waals surface area contributed by atoms with Crippen molar-refractivity contribution in [1.82, 2.24) is 5.43 Å². The van der Waals surface area contributed by atoms with Crippen LogP contribution < -0.4 is 20.7 Å². The zero-order valence-corrected chi connectivity index (χ0v) is 13.5. The van der Waals surface area contributed by atoms with E-state index in [0.717, 1.165) is 11.1 Å². The quantitative estimate of drug-likeness (QED) is 0.473. The van der Waals surface area contributed by atoms with Crippen LogP contribution in [-0.4, -0.2) is 14.2 Å². The first-order chi connectivity index (χ1) is 9.69. The van der Waals surface area contributed by atoms with Crippen LogP contribution in [0.3, 0.4) is 0 Å². The van der Waals surface area contributed by atoms with Gasteiger partial charge in [0.2, 0.25) is 0 Å². The van der Waals surface area contributed by atoms with Gasteiger partial charge in [-0.3, -0.25) is 5.84 Å². The normalized spacial score (nSPS) is 12.0. The minimum atomic E-state index is -0.0909. The number of rotatable bonds is 5. The Morgan fingerprint density at radius 3 is 2.10 bits per heavy atom. The molecule has 0 aliphatic heterocycles. The van der Waals surface area contributed by atoms with Crippen LogP contribution in [0.2, 0.25) is 0 Å². The molecular weight excluding hydrogens is 367 g/mol. The van der Waals surface area contributed by atoms with E-state index >= 15 is 0 Å². The smallest absolute Gasteiger partial charge is 0.161 e. The van der Waals surface area contributed by atoms with Crippen molar-refractivity contribution in [3.8, 4) is 11.5 Å². The van der Waals surface area contributed by atoms with Crippen molar-refractivity contribution < 1.29 is 9.47 Å². The molecule has 20 heavy (non-hydrogen) atoms. The summed E-state index contributed by atoms with van der Waals surface area (Å²) in [6, 6.07) is 13.9. The fraction of sp³-hybridized carbons (Fsp3) is 0.200. The lowest BCUT2D eigenvalue weighted by Crippen LogP contribution is -2.28. The predicted molar refractivity (Wildman–Crippen MR) is 87.9 cm³/mol. The van der Waals surface area contributed by atoms with Crippen LogP contribution in [-0.2, 0) is 0 Å². The molecule has 0 bridgehead atoms. The molecule has 2 aromatic rings. The standard InChI is InChI=1S/C15H17IN2O2/c1-19-13-8-5-11(9-14(13)20-2)15(18-17)10-3-6-12(16)7-4-10/h3-9,15,18H,17H2,1-2H3. The van der Waals surface area contributed by atoms with Crippen LogP contribution in [0.4, 0.5) is 0 Å². The Morgan fingerprint density at radius 1 is 0.950 bits per heavy atom. The lowest BCUT2D eigenvalue weighted by Gasteiger charge is -2.18. The molecule has 0 spiro atoms. The number of benzene rings is 2. The second-order valence-corrected chi connectivity index (χ2v) is 5.51. The van der Waals surface area contributed by atoms with E-state index in [1.807, 2.05) is 18.2 Å². The summed E-state index contributed by atoms with van der Waals surface area (Å²) >= 11 is 2.28. The summed E-state index contributed by atoms with van der Waals surface area (Å²) in [5.41, 5.74) is 4.96. The van der Waals surface area contributed by atoms with Gasteiger partial charge in [-0.15, -0.1) is 0 Å². The topological polar surface area (TPSA) is 56.5 Å². The average Bonchev–Trinajstić information content (AvgIpc) is 2.49. The molecule has 0 saturated carbocycles. The Kier molecular flexibility index (Phi) is 5.22. The van der Waals surface area contributed by atoms with Gasteiger partial charge in [-0.25, -0.2) is 5.43 Å². The van der Waals surface area contributed by atoms with Crippen molar-refractivity contribution >= 4 is 22.6 Å². The molecule has 1 atom stereocenters. The third-order valence-corrected chi connectivity index (χ3v) is 3.83. The third kappa shape index (κ3) is 3.23. The Bertz CT molecular complexity index is 573. The number of hydrazine groups is 1. The van der Waals surface area contributed by atoms with E-state index in [0.29, 0.717) is 11.5 Å². The van der Waals surface area contributed by atoms with Crippen molar-refractivity contribution in [3.63, 3.8) is 0 Å². The van der Waals surface area contributed by atoms with E-state index in [-0.39, 0.29) is 6.04 Å². The molecule has 0 heterocycles. The zero-order valence-electron chi connectivity index (χ0n) is 11.4. The Hall–Kier alpha value is -1.31. The van der Waals surface area contributed by atoms with Crippen LogP contribution in [0.1, 0.15) is 17.2 Å². The van der Waals surface area contributed by atoms with Gasteiger partial charge in [0, 0.05) is 3.57 Å².